The molecule has 1 unspecified atom stereocenters. The van der Waals surface area contributed by atoms with Crippen LogP contribution in [0.3, 0.4) is 0 Å². The average Bonchev–Trinajstić information content (AvgIpc) is 2.98. The van der Waals surface area contributed by atoms with Crippen LogP contribution < -0.4 is 0 Å². The molecule has 0 spiro atoms. The van der Waals surface area contributed by atoms with Crippen molar-refractivity contribution >= 4 is 12.4 Å². The average molecular weight is 277 g/mol. The molecule has 0 saturated carbocycles. The minimum absolute atomic E-state index is 0.869. The van der Waals surface area contributed by atoms with E-state index in [-0.39, 0.29) is 0 Å². The van der Waals surface area contributed by atoms with Crippen LogP contribution in [0.15, 0.2) is 9.98 Å². The summed E-state index contributed by atoms with van der Waals surface area (Å²) in [5.74, 6) is 0.869. The predicted octanol–water partition coefficient (Wildman–Crippen LogP) is 5.97. The molecule has 2 nitrogen and oxygen atoms in total. The third kappa shape index (κ3) is 8.39. The van der Waals surface area contributed by atoms with Crippen molar-refractivity contribution < 1.29 is 0 Å². The molecule has 1 rings (SSSR count). The maximum Gasteiger partial charge on any atom is 0.240 e. The second-order valence-electron chi connectivity index (χ2n) is 6.05. The summed E-state index contributed by atoms with van der Waals surface area (Å²) < 4.78 is 0. The molecule has 0 aromatic rings. The zero-order valence-electron chi connectivity index (χ0n) is 13.6. The molecular weight excluding hydrogens is 244 g/mol. The van der Waals surface area contributed by atoms with Crippen LogP contribution in [0.4, 0.5) is 0 Å². The third-order valence-corrected chi connectivity index (χ3v) is 4.33. The van der Waals surface area contributed by atoms with Gasteiger partial charge in [0.2, 0.25) is 6.17 Å². The summed E-state index contributed by atoms with van der Waals surface area (Å²) in [6.07, 6.45) is 21.0. The van der Waals surface area contributed by atoms with E-state index in [0.717, 1.165) is 18.5 Å². The van der Waals surface area contributed by atoms with E-state index in [1.165, 1.54) is 70.6 Å². The fourth-order valence-corrected chi connectivity index (χ4v) is 2.85. The summed E-state index contributed by atoms with van der Waals surface area (Å²) in [6.45, 7) is 4.60. The van der Waals surface area contributed by atoms with Crippen molar-refractivity contribution in [1.29, 1.82) is 0 Å². The van der Waals surface area contributed by atoms with Gasteiger partial charge in [0.1, 0.15) is 0 Å². The fraction of sp³-hybridized carbons (Fsp3) is 0.833. The summed E-state index contributed by atoms with van der Waals surface area (Å²) in [5, 5.41) is 0. The van der Waals surface area contributed by atoms with Gasteiger partial charge in [-0.05, 0) is 12.3 Å². The van der Waals surface area contributed by atoms with Crippen LogP contribution in [-0.2, 0) is 0 Å². The van der Waals surface area contributed by atoms with Gasteiger partial charge in [-0.15, -0.1) is 0 Å². The number of hydrogen-bond acceptors (Lipinski definition) is 2. The highest BCUT2D eigenvalue weighted by Gasteiger charge is 2.17. The van der Waals surface area contributed by atoms with E-state index in [0.29, 0.717) is 0 Å². The van der Waals surface area contributed by atoms with Gasteiger partial charge in [0.15, 0.2) is 12.4 Å². The largest absolute Gasteiger partial charge is 0.240 e. The van der Waals surface area contributed by atoms with Crippen molar-refractivity contribution in [2.45, 2.75) is 90.9 Å². The van der Waals surface area contributed by atoms with Crippen molar-refractivity contribution in [3.63, 3.8) is 0 Å². The highest BCUT2D eigenvalue weighted by Crippen LogP contribution is 2.24. The Hall–Kier alpha value is -0.790. The molecule has 2 heteroatoms. The van der Waals surface area contributed by atoms with Crippen molar-refractivity contribution in [2.24, 2.45) is 15.9 Å². The Morgan fingerprint density at radius 2 is 1.40 bits per heavy atom. The molecule has 0 radical (unpaired) electrons. The van der Waals surface area contributed by atoms with Crippen LogP contribution in [0, 0.1) is 12.1 Å². The first-order chi connectivity index (χ1) is 9.86. The van der Waals surface area contributed by atoms with Crippen LogP contribution in [-0.4, -0.2) is 12.4 Å². The van der Waals surface area contributed by atoms with Crippen LogP contribution in [0.2, 0.25) is 0 Å². The van der Waals surface area contributed by atoms with E-state index in [4.69, 9.17) is 0 Å². The summed E-state index contributed by atoms with van der Waals surface area (Å²) in [6, 6.07) is 0. The second-order valence-corrected chi connectivity index (χ2v) is 6.05. The molecule has 0 fully saturated rings. The molecule has 1 heterocycles. The number of nitrogens with zero attached hydrogens (tertiary/aromatic N) is 2. The van der Waals surface area contributed by atoms with Crippen molar-refractivity contribution in [1.82, 2.24) is 0 Å². The highest BCUT2D eigenvalue weighted by molar-refractivity contribution is 6.18. The Labute approximate surface area is 126 Å². The second kappa shape index (κ2) is 12.0. The summed E-state index contributed by atoms with van der Waals surface area (Å²) in [5.41, 5.74) is 0. The van der Waals surface area contributed by atoms with E-state index in [2.05, 4.69) is 23.8 Å². The van der Waals surface area contributed by atoms with Gasteiger partial charge in [-0.25, -0.2) is 0 Å². The molecule has 0 aromatic carbocycles. The summed E-state index contributed by atoms with van der Waals surface area (Å²) >= 11 is 0. The zero-order valence-corrected chi connectivity index (χ0v) is 13.6. The SMILES string of the molecule is CCCCCCCCCCC(CC)CC[C+]1N=CC=N1. The molecule has 1 aliphatic rings. The molecule has 20 heavy (non-hydrogen) atoms. The number of rotatable bonds is 13. The zero-order chi connectivity index (χ0) is 14.5. The first kappa shape index (κ1) is 17.3. The van der Waals surface area contributed by atoms with Crippen LogP contribution in [0.1, 0.15) is 90.9 Å². The summed E-state index contributed by atoms with van der Waals surface area (Å²) in [4.78, 5) is 8.51. The fourth-order valence-electron chi connectivity index (χ4n) is 2.85. The minimum atomic E-state index is 0.869. The first-order valence-corrected chi connectivity index (χ1v) is 8.79. The maximum absolute atomic E-state index is 4.26. The molecule has 114 valence electrons. The standard InChI is InChI=1S/C18H33N2/c1-3-5-6-7-8-9-10-11-12-17(4-2)13-14-18-19-15-16-20-18/h15-17H,3-14H2,1-2H3/q+1. The van der Waals surface area contributed by atoms with Gasteiger partial charge in [-0.1, -0.05) is 88.0 Å². The van der Waals surface area contributed by atoms with E-state index < -0.39 is 0 Å². The van der Waals surface area contributed by atoms with Gasteiger partial charge < -0.3 is 0 Å². The van der Waals surface area contributed by atoms with Gasteiger partial charge in [-0.3, -0.25) is 0 Å². The van der Waals surface area contributed by atoms with E-state index in [9.17, 15) is 0 Å². The predicted molar refractivity (Wildman–Crippen MR) is 90.5 cm³/mol. The molecule has 0 saturated heterocycles. The normalized spacial score (nSPS) is 15.2. The Bertz CT molecular complexity index is 259. The summed E-state index contributed by atoms with van der Waals surface area (Å²) in [7, 11) is 0. The molecule has 0 bridgehead atoms. The number of unbranched alkanes of at least 4 members (excludes halogenated alkanes) is 7. The van der Waals surface area contributed by atoms with E-state index in [1.54, 1.807) is 12.4 Å². The lowest BCUT2D eigenvalue weighted by atomic mass is 9.93. The highest BCUT2D eigenvalue weighted by atomic mass is 15.0. The quantitative estimate of drug-likeness (QED) is 0.293. The monoisotopic (exact) mass is 277 g/mol. The van der Waals surface area contributed by atoms with Crippen LogP contribution in [0.25, 0.3) is 0 Å². The molecular formula is C18H33N2+. The van der Waals surface area contributed by atoms with Gasteiger partial charge in [0, 0.05) is 0 Å². The van der Waals surface area contributed by atoms with Crippen molar-refractivity contribution in [3.8, 4) is 0 Å². The Balaban J connectivity index is 1.92. The smallest absolute Gasteiger partial charge is 0.0968 e. The minimum Gasteiger partial charge on any atom is -0.0968 e. The topological polar surface area (TPSA) is 24.7 Å². The van der Waals surface area contributed by atoms with Crippen molar-refractivity contribution in [2.75, 3.05) is 0 Å². The van der Waals surface area contributed by atoms with Crippen LogP contribution >= 0.6 is 0 Å². The van der Waals surface area contributed by atoms with Gasteiger partial charge >= 0.3 is 0 Å². The number of aliphatic imine (C=N–C) groups is 2. The molecule has 1 aliphatic heterocycles. The van der Waals surface area contributed by atoms with Gasteiger partial charge in [0.05, 0.1) is 6.42 Å². The van der Waals surface area contributed by atoms with E-state index >= 15 is 0 Å². The first-order valence-electron chi connectivity index (χ1n) is 8.79. The molecule has 0 N–H and O–H groups in total. The molecule has 0 aromatic heterocycles. The molecule has 0 amide bonds. The Kier molecular flexibility index (Phi) is 10.3. The third-order valence-electron chi connectivity index (χ3n) is 4.33. The van der Waals surface area contributed by atoms with Crippen LogP contribution in [0.5, 0.6) is 0 Å². The Morgan fingerprint density at radius 3 is 2.00 bits per heavy atom. The Morgan fingerprint density at radius 1 is 0.800 bits per heavy atom. The molecule has 0 aliphatic carbocycles. The lowest BCUT2D eigenvalue weighted by molar-refractivity contribution is 0.403. The number of hydrogen-bond donors (Lipinski definition) is 0. The van der Waals surface area contributed by atoms with Gasteiger partial charge in [0.25, 0.3) is 0 Å². The lowest BCUT2D eigenvalue weighted by Crippen LogP contribution is -2.01. The van der Waals surface area contributed by atoms with Gasteiger partial charge in [-0.2, -0.15) is 0 Å². The van der Waals surface area contributed by atoms with E-state index in [1.807, 2.05) is 0 Å². The lowest BCUT2D eigenvalue weighted by Gasteiger charge is -2.13. The maximum atomic E-state index is 4.26. The molecule has 1 atom stereocenters. The van der Waals surface area contributed by atoms with Crippen molar-refractivity contribution in [3.05, 3.63) is 6.17 Å².